The van der Waals surface area contributed by atoms with Gasteiger partial charge in [0.15, 0.2) is 11.6 Å². The van der Waals surface area contributed by atoms with Crippen molar-refractivity contribution in [1.82, 2.24) is 15.0 Å². The van der Waals surface area contributed by atoms with Gasteiger partial charge in [0.25, 0.3) is 0 Å². The third-order valence-corrected chi connectivity index (χ3v) is 8.09. The lowest BCUT2D eigenvalue weighted by Crippen LogP contribution is -1.97. The molecule has 0 fully saturated rings. The van der Waals surface area contributed by atoms with Crippen LogP contribution in [0.25, 0.3) is 65.2 Å². The van der Waals surface area contributed by atoms with Gasteiger partial charge in [0.05, 0.1) is 0 Å². The average Bonchev–Trinajstić information content (AvgIpc) is 3.36. The van der Waals surface area contributed by atoms with E-state index < -0.39 is 0 Å². The average molecular weight is 526 g/mol. The van der Waals surface area contributed by atoms with E-state index in [-0.39, 0.29) is 5.28 Å². The Morgan fingerprint density at radius 3 is 1.95 bits per heavy atom. The third-order valence-electron chi connectivity index (χ3n) is 6.70. The monoisotopic (exact) mass is 525 g/mol. The second-order valence-corrected chi connectivity index (χ2v) is 10.4. The van der Waals surface area contributed by atoms with Crippen molar-refractivity contribution in [3.8, 4) is 45.0 Å². The number of thiophene rings is 1. The van der Waals surface area contributed by atoms with Crippen molar-refractivity contribution >= 4 is 43.1 Å². The zero-order valence-corrected chi connectivity index (χ0v) is 21.7. The van der Waals surface area contributed by atoms with Crippen LogP contribution in [0.15, 0.2) is 121 Å². The fourth-order valence-corrected chi connectivity index (χ4v) is 6.32. The molecule has 0 N–H and O–H groups in total. The highest BCUT2D eigenvalue weighted by Crippen LogP contribution is 2.39. The van der Waals surface area contributed by atoms with Crippen LogP contribution in [0.1, 0.15) is 0 Å². The summed E-state index contributed by atoms with van der Waals surface area (Å²) in [6, 6.07) is 41.9. The maximum absolute atomic E-state index is 6.48. The van der Waals surface area contributed by atoms with Crippen molar-refractivity contribution in [2.24, 2.45) is 0 Å². The van der Waals surface area contributed by atoms with E-state index in [0.717, 1.165) is 27.0 Å². The molecule has 0 bridgehead atoms. The summed E-state index contributed by atoms with van der Waals surface area (Å²) in [7, 11) is 0. The summed E-state index contributed by atoms with van der Waals surface area (Å²) in [6.07, 6.45) is 0. The lowest BCUT2D eigenvalue weighted by atomic mass is 9.94. The Bertz CT molecular complexity index is 1950. The topological polar surface area (TPSA) is 38.7 Å². The highest BCUT2D eigenvalue weighted by molar-refractivity contribution is 7.26. The summed E-state index contributed by atoms with van der Waals surface area (Å²) >= 11 is 8.23. The molecule has 0 aliphatic heterocycles. The Labute approximate surface area is 229 Å². The summed E-state index contributed by atoms with van der Waals surface area (Å²) in [4.78, 5) is 14.0. The Kier molecular flexibility index (Phi) is 5.69. The van der Waals surface area contributed by atoms with Crippen molar-refractivity contribution in [2.45, 2.75) is 0 Å². The summed E-state index contributed by atoms with van der Waals surface area (Å²) in [5.74, 6) is 1.13. The lowest BCUT2D eigenvalue weighted by Gasteiger charge is -2.12. The van der Waals surface area contributed by atoms with Crippen molar-refractivity contribution in [2.75, 3.05) is 0 Å². The van der Waals surface area contributed by atoms with Gasteiger partial charge in [-0.05, 0) is 52.1 Å². The predicted octanol–water partition coefficient (Wildman–Crippen LogP) is 9.56. The van der Waals surface area contributed by atoms with Gasteiger partial charge in [0.1, 0.15) is 0 Å². The molecule has 0 saturated heterocycles. The third kappa shape index (κ3) is 4.04. The molecule has 7 rings (SSSR count). The number of nitrogens with zero attached hydrogens (tertiary/aromatic N) is 3. The molecular weight excluding hydrogens is 506 g/mol. The standard InChI is InChI=1S/C33H20ClN3S/c34-33-36-31(35-32(37-33)28-18-9-17-27-26-16-6-7-19-29(26)38-30(27)28)23-13-8-12-22(20-23)25-15-5-4-14-24(25)21-10-2-1-3-11-21/h1-20H. The smallest absolute Gasteiger partial charge is 0.208 e. The van der Waals surface area contributed by atoms with Crippen molar-refractivity contribution in [3.05, 3.63) is 127 Å². The Balaban J connectivity index is 1.35. The van der Waals surface area contributed by atoms with Crippen LogP contribution >= 0.6 is 22.9 Å². The van der Waals surface area contributed by atoms with Gasteiger partial charge in [0, 0.05) is 31.3 Å². The first kappa shape index (κ1) is 22.8. The van der Waals surface area contributed by atoms with Gasteiger partial charge in [-0.15, -0.1) is 11.3 Å². The molecular formula is C33H20ClN3S. The Hall–Kier alpha value is -4.38. The highest BCUT2D eigenvalue weighted by Gasteiger charge is 2.16. The van der Waals surface area contributed by atoms with Gasteiger partial charge >= 0.3 is 0 Å². The SMILES string of the molecule is Clc1nc(-c2cccc(-c3ccccc3-c3ccccc3)c2)nc(-c2cccc3c2sc2ccccc23)n1. The van der Waals surface area contributed by atoms with Gasteiger partial charge in [-0.1, -0.05) is 103 Å². The van der Waals surface area contributed by atoms with E-state index in [4.69, 9.17) is 16.6 Å². The molecule has 5 heteroatoms. The molecule has 0 spiro atoms. The number of fused-ring (bicyclic) bond motifs is 3. The van der Waals surface area contributed by atoms with E-state index in [1.807, 2.05) is 18.2 Å². The Morgan fingerprint density at radius 2 is 1.08 bits per heavy atom. The van der Waals surface area contributed by atoms with E-state index >= 15 is 0 Å². The number of hydrogen-bond donors (Lipinski definition) is 0. The van der Waals surface area contributed by atoms with E-state index in [1.165, 1.54) is 26.6 Å². The zero-order chi connectivity index (χ0) is 25.5. The molecule has 38 heavy (non-hydrogen) atoms. The quantitative estimate of drug-likeness (QED) is 0.229. The summed E-state index contributed by atoms with van der Waals surface area (Å²) in [6.45, 7) is 0. The molecule has 180 valence electrons. The first-order valence-electron chi connectivity index (χ1n) is 12.3. The second kappa shape index (κ2) is 9.49. The van der Waals surface area contributed by atoms with E-state index in [0.29, 0.717) is 11.6 Å². The molecule has 3 nitrogen and oxygen atoms in total. The first-order chi connectivity index (χ1) is 18.7. The molecule has 5 aromatic carbocycles. The number of benzene rings is 5. The number of aromatic nitrogens is 3. The first-order valence-corrected chi connectivity index (χ1v) is 13.5. The van der Waals surface area contributed by atoms with Gasteiger partial charge in [-0.2, -0.15) is 9.97 Å². The van der Waals surface area contributed by atoms with Crippen LogP contribution in [0.3, 0.4) is 0 Å². The summed E-state index contributed by atoms with van der Waals surface area (Å²) < 4.78 is 2.38. The Morgan fingerprint density at radius 1 is 0.474 bits per heavy atom. The summed E-state index contributed by atoms with van der Waals surface area (Å²) in [5, 5.41) is 2.61. The molecule has 2 heterocycles. The van der Waals surface area contributed by atoms with E-state index in [2.05, 4.69) is 113 Å². The maximum atomic E-state index is 6.48. The molecule has 2 aromatic heterocycles. The minimum absolute atomic E-state index is 0.179. The van der Waals surface area contributed by atoms with Crippen LogP contribution in [0, 0.1) is 0 Å². The minimum Gasteiger partial charge on any atom is -0.208 e. The molecule has 7 aromatic rings. The molecule has 0 aliphatic rings. The predicted molar refractivity (Wildman–Crippen MR) is 159 cm³/mol. The van der Waals surface area contributed by atoms with E-state index in [9.17, 15) is 0 Å². The molecule has 0 radical (unpaired) electrons. The van der Waals surface area contributed by atoms with Gasteiger partial charge in [0.2, 0.25) is 5.28 Å². The number of rotatable bonds is 4. The van der Waals surface area contributed by atoms with Crippen molar-refractivity contribution in [3.63, 3.8) is 0 Å². The number of halogens is 1. The fraction of sp³-hybridized carbons (Fsp3) is 0. The molecule has 0 saturated carbocycles. The highest BCUT2D eigenvalue weighted by atomic mass is 35.5. The van der Waals surface area contributed by atoms with Gasteiger partial charge < -0.3 is 0 Å². The van der Waals surface area contributed by atoms with Gasteiger partial charge in [-0.3, -0.25) is 0 Å². The number of hydrogen-bond acceptors (Lipinski definition) is 4. The molecule has 0 atom stereocenters. The van der Waals surface area contributed by atoms with Crippen LogP contribution in [0.5, 0.6) is 0 Å². The van der Waals surface area contributed by atoms with Crippen LogP contribution in [-0.4, -0.2) is 15.0 Å². The molecule has 0 unspecified atom stereocenters. The maximum Gasteiger partial charge on any atom is 0.226 e. The zero-order valence-electron chi connectivity index (χ0n) is 20.2. The minimum atomic E-state index is 0.179. The van der Waals surface area contributed by atoms with Crippen LogP contribution in [0.4, 0.5) is 0 Å². The fourth-order valence-electron chi connectivity index (χ4n) is 4.95. The lowest BCUT2D eigenvalue weighted by molar-refractivity contribution is 1.07. The van der Waals surface area contributed by atoms with Crippen molar-refractivity contribution in [1.29, 1.82) is 0 Å². The van der Waals surface area contributed by atoms with Crippen LogP contribution in [-0.2, 0) is 0 Å². The van der Waals surface area contributed by atoms with Crippen LogP contribution < -0.4 is 0 Å². The van der Waals surface area contributed by atoms with E-state index in [1.54, 1.807) is 11.3 Å². The van der Waals surface area contributed by atoms with Crippen molar-refractivity contribution < 1.29 is 0 Å². The second-order valence-electron chi connectivity index (χ2n) is 9.02. The molecule has 0 aliphatic carbocycles. The van der Waals surface area contributed by atoms with Gasteiger partial charge in [-0.25, -0.2) is 4.98 Å². The largest absolute Gasteiger partial charge is 0.226 e. The summed E-state index contributed by atoms with van der Waals surface area (Å²) in [5.41, 5.74) is 6.44. The normalized spacial score (nSPS) is 11.3. The van der Waals surface area contributed by atoms with Crippen LogP contribution in [0.2, 0.25) is 5.28 Å². The molecule has 0 amide bonds.